The van der Waals surface area contributed by atoms with Crippen LogP contribution >= 0.6 is 0 Å². The molecule has 1 fully saturated rings. The molecule has 0 unspecified atom stereocenters. The molecule has 1 aromatic carbocycles. The summed E-state index contributed by atoms with van der Waals surface area (Å²) in [5.74, 6) is -0.196. The number of ether oxygens (including phenoxy) is 1. The number of nitrogens with zero attached hydrogens (tertiary/aromatic N) is 1. The van der Waals surface area contributed by atoms with Crippen LogP contribution in [-0.4, -0.2) is 47.5 Å². The van der Waals surface area contributed by atoms with E-state index < -0.39 is 5.97 Å². The lowest BCUT2D eigenvalue weighted by Gasteiger charge is -2.21. The van der Waals surface area contributed by atoms with Gasteiger partial charge in [-0.1, -0.05) is 12.1 Å². The Balaban J connectivity index is 1.84. The zero-order valence-electron chi connectivity index (χ0n) is 12.2. The average Bonchev–Trinajstić information content (AvgIpc) is 3.27. The van der Waals surface area contributed by atoms with Crippen molar-refractivity contribution in [3.63, 3.8) is 0 Å². The number of rotatable bonds is 9. The van der Waals surface area contributed by atoms with Crippen molar-refractivity contribution >= 4 is 11.8 Å². The highest BCUT2D eigenvalue weighted by Gasteiger charge is 2.28. The van der Waals surface area contributed by atoms with Crippen LogP contribution in [0.1, 0.15) is 36.5 Å². The molecule has 1 aliphatic carbocycles. The van der Waals surface area contributed by atoms with Crippen molar-refractivity contribution in [1.82, 2.24) is 4.90 Å². The first kappa shape index (κ1) is 15.5. The summed E-state index contributed by atoms with van der Waals surface area (Å²) >= 11 is 0. The smallest absolute Gasteiger partial charge is 0.304 e. The van der Waals surface area contributed by atoms with Gasteiger partial charge in [0.05, 0.1) is 12.0 Å². The second-order valence-corrected chi connectivity index (χ2v) is 5.31. The molecule has 1 aromatic rings. The summed E-state index contributed by atoms with van der Waals surface area (Å²) in [6.45, 7) is 3.22. The fourth-order valence-electron chi connectivity index (χ4n) is 2.31. The minimum Gasteiger partial charge on any atom is -0.491 e. The van der Waals surface area contributed by atoms with E-state index in [2.05, 4.69) is 4.90 Å². The SMILES string of the molecule is CC(=O)c1ccccc1OCCN(CCC(=O)O)C1CC1. The van der Waals surface area contributed by atoms with Crippen LogP contribution in [0.5, 0.6) is 5.75 Å². The molecule has 0 atom stereocenters. The molecule has 2 rings (SSSR count). The number of ketones is 1. The van der Waals surface area contributed by atoms with Gasteiger partial charge in [0, 0.05) is 19.1 Å². The first-order chi connectivity index (χ1) is 10.1. The number of hydrogen-bond acceptors (Lipinski definition) is 4. The molecular formula is C16H21NO4. The monoisotopic (exact) mass is 291 g/mol. The van der Waals surface area contributed by atoms with Crippen molar-refractivity contribution in [3.05, 3.63) is 29.8 Å². The minimum atomic E-state index is -0.775. The van der Waals surface area contributed by atoms with Gasteiger partial charge in [-0.05, 0) is 31.9 Å². The summed E-state index contributed by atoms with van der Waals surface area (Å²) < 4.78 is 5.70. The Morgan fingerprint density at radius 2 is 2.00 bits per heavy atom. The molecule has 0 bridgehead atoms. The van der Waals surface area contributed by atoms with E-state index in [1.165, 1.54) is 6.92 Å². The van der Waals surface area contributed by atoms with Crippen molar-refractivity contribution in [2.24, 2.45) is 0 Å². The molecule has 1 aliphatic rings. The lowest BCUT2D eigenvalue weighted by molar-refractivity contribution is -0.137. The van der Waals surface area contributed by atoms with Gasteiger partial charge in [0.15, 0.2) is 5.78 Å². The molecule has 21 heavy (non-hydrogen) atoms. The Morgan fingerprint density at radius 3 is 2.62 bits per heavy atom. The summed E-state index contributed by atoms with van der Waals surface area (Å²) in [7, 11) is 0. The van der Waals surface area contributed by atoms with E-state index in [1.54, 1.807) is 12.1 Å². The van der Waals surface area contributed by atoms with Crippen LogP contribution in [0.3, 0.4) is 0 Å². The number of hydrogen-bond donors (Lipinski definition) is 1. The predicted molar refractivity (Wildman–Crippen MR) is 78.8 cm³/mol. The fourth-order valence-corrected chi connectivity index (χ4v) is 2.31. The van der Waals surface area contributed by atoms with E-state index in [9.17, 15) is 9.59 Å². The van der Waals surface area contributed by atoms with Gasteiger partial charge >= 0.3 is 5.97 Å². The van der Waals surface area contributed by atoms with Gasteiger partial charge in [-0.25, -0.2) is 0 Å². The third-order valence-electron chi connectivity index (χ3n) is 3.58. The Morgan fingerprint density at radius 1 is 1.29 bits per heavy atom. The lowest BCUT2D eigenvalue weighted by Crippen LogP contribution is -2.32. The number of carbonyl (C=O) groups excluding carboxylic acids is 1. The van der Waals surface area contributed by atoms with E-state index in [1.807, 2.05) is 12.1 Å². The first-order valence-electron chi connectivity index (χ1n) is 7.26. The van der Waals surface area contributed by atoms with E-state index in [0.717, 1.165) is 12.8 Å². The van der Waals surface area contributed by atoms with E-state index in [4.69, 9.17) is 9.84 Å². The van der Waals surface area contributed by atoms with Gasteiger partial charge in [0.1, 0.15) is 12.4 Å². The van der Waals surface area contributed by atoms with Gasteiger partial charge in [0.2, 0.25) is 0 Å². The molecule has 1 saturated carbocycles. The maximum Gasteiger partial charge on any atom is 0.304 e. The summed E-state index contributed by atoms with van der Waals surface area (Å²) in [5, 5.41) is 8.77. The van der Waals surface area contributed by atoms with E-state index >= 15 is 0 Å². The molecule has 114 valence electrons. The Kier molecular flexibility index (Phi) is 5.33. The highest BCUT2D eigenvalue weighted by Crippen LogP contribution is 2.27. The summed E-state index contributed by atoms with van der Waals surface area (Å²) in [6.07, 6.45) is 2.41. The average molecular weight is 291 g/mol. The molecule has 0 radical (unpaired) electrons. The molecule has 0 heterocycles. The standard InChI is InChI=1S/C16H21NO4/c1-12(18)14-4-2-3-5-15(14)21-11-10-17(13-6-7-13)9-8-16(19)20/h2-5,13H,6-11H2,1H3,(H,19,20). The summed E-state index contributed by atoms with van der Waals surface area (Å²) in [5.41, 5.74) is 0.584. The molecule has 0 saturated heterocycles. The number of benzene rings is 1. The Hall–Kier alpha value is -1.88. The third kappa shape index (κ3) is 4.86. The maximum atomic E-state index is 11.5. The Labute approximate surface area is 124 Å². The van der Waals surface area contributed by atoms with Gasteiger partial charge in [-0.3, -0.25) is 14.5 Å². The van der Waals surface area contributed by atoms with E-state index in [-0.39, 0.29) is 12.2 Å². The van der Waals surface area contributed by atoms with Crippen LogP contribution in [0, 0.1) is 0 Å². The molecular weight excluding hydrogens is 270 g/mol. The second-order valence-electron chi connectivity index (χ2n) is 5.31. The van der Waals surface area contributed by atoms with Crippen molar-refractivity contribution < 1.29 is 19.4 Å². The van der Waals surface area contributed by atoms with Crippen LogP contribution in [0.25, 0.3) is 0 Å². The van der Waals surface area contributed by atoms with Crippen molar-refractivity contribution in [2.45, 2.75) is 32.2 Å². The van der Waals surface area contributed by atoms with Crippen molar-refractivity contribution in [2.75, 3.05) is 19.7 Å². The summed E-state index contributed by atoms with van der Waals surface area (Å²) in [4.78, 5) is 24.3. The molecule has 5 heteroatoms. The van der Waals surface area contributed by atoms with Crippen molar-refractivity contribution in [1.29, 1.82) is 0 Å². The molecule has 0 aliphatic heterocycles. The first-order valence-corrected chi connectivity index (χ1v) is 7.26. The van der Waals surface area contributed by atoms with Gasteiger partial charge < -0.3 is 9.84 Å². The van der Waals surface area contributed by atoms with Crippen molar-refractivity contribution in [3.8, 4) is 5.75 Å². The fraction of sp³-hybridized carbons (Fsp3) is 0.500. The van der Waals surface area contributed by atoms with Crippen LogP contribution in [-0.2, 0) is 4.79 Å². The van der Waals surface area contributed by atoms with Gasteiger partial charge in [-0.15, -0.1) is 0 Å². The molecule has 5 nitrogen and oxygen atoms in total. The zero-order chi connectivity index (χ0) is 15.2. The number of Topliss-reactive ketones (excluding diaryl/α,β-unsaturated/α-hetero) is 1. The number of para-hydroxylation sites is 1. The highest BCUT2D eigenvalue weighted by atomic mass is 16.5. The minimum absolute atomic E-state index is 0.0180. The largest absolute Gasteiger partial charge is 0.491 e. The number of carboxylic acid groups (broad SMARTS) is 1. The molecule has 1 N–H and O–H groups in total. The highest BCUT2D eigenvalue weighted by molar-refractivity contribution is 5.96. The van der Waals surface area contributed by atoms with Gasteiger partial charge in [0.25, 0.3) is 0 Å². The third-order valence-corrected chi connectivity index (χ3v) is 3.58. The zero-order valence-corrected chi connectivity index (χ0v) is 12.2. The number of aliphatic carboxylic acids is 1. The Bertz CT molecular complexity index is 511. The van der Waals surface area contributed by atoms with Crippen LogP contribution in [0.2, 0.25) is 0 Å². The molecule has 0 aromatic heterocycles. The van der Waals surface area contributed by atoms with Crippen LogP contribution in [0.15, 0.2) is 24.3 Å². The normalized spacial score (nSPS) is 14.2. The number of carbonyl (C=O) groups is 2. The predicted octanol–water partition coefficient (Wildman–Crippen LogP) is 2.21. The maximum absolute atomic E-state index is 11.5. The quantitative estimate of drug-likeness (QED) is 0.707. The summed E-state index contributed by atoms with van der Waals surface area (Å²) in [6, 6.07) is 7.68. The van der Waals surface area contributed by atoms with E-state index in [0.29, 0.717) is 37.1 Å². The van der Waals surface area contributed by atoms with Crippen LogP contribution < -0.4 is 4.74 Å². The second kappa shape index (κ2) is 7.22. The lowest BCUT2D eigenvalue weighted by atomic mass is 10.1. The van der Waals surface area contributed by atoms with Gasteiger partial charge in [-0.2, -0.15) is 0 Å². The molecule has 0 amide bonds. The van der Waals surface area contributed by atoms with Crippen LogP contribution in [0.4, 0.5) is 0 Å². The molecule has 0 spiro atoms. The number of carboxylic acids is 1. The topological polar surface area (TPSA) is 66.8 Å².